The van der Waals surface area contributed by atoms with Gasteiger partial charge in [-0.25, -0.2) is 4.79 Å². The molecule has 3 aromatic rings. The van der Waals surface area contributed by atoms with Gasteiger partial charge in [-0.3, -0.25) is 14.2 Å². The zero-order valence-corrected chi connectivity index (χ0v) is 19.1. The van der Waals surface area contributed by atoms with Crippen LogP contribution in [0.1, 0.15) is 35.0 Å². The van der Waals surface area contributed by atoms with Gasteiger partial charge in [0.05, 0.1) is 38.2 Å². The van der Waals surface area contributed by atoms with Gasteiger partial charge in [-0.1, -0.05) is 6.07 Å². The summed E-state index contributed by atoms with van der Waals surface area (Å²) in [6.45, 7) is 3.95. The average Bonchev–Trinajstić information content (AvgIpc) is 3.49. The van der Waals surface area contributed by atoms with Gasteiger partial charge < -0.3 is 19.5 Å². The Balaban J connectivity index is 1.71. The lowest BCUT2D eigenvalue weighted by atomic mass is 10.1. The molecule has 3 rings (SSSR count). The second-order valence-electron chi connectivity index (χ2n) is 7.44. The van der Waals surface area contributed by atoms with Gasteiger partial charge in [0.1, 0.15) is 0 Å². The molecule has 0 aliphatic rings. The standard InChI is InChI=1S/C23H29N5O5/c1-4-28-19(7-10-24-28)16-26(11-8-17-5-6-20(32-2)21(13-17)33-3)22(29)9-12-27-15-18(14-25-27)23(30)31/h5-7,10,13-15H,4,8-9,11-12,16H2,1-3H3,(H,30,31). The monoisotopic (exact) mass is 455 g/mol. The molecule has 176 valence electrons. The lowest BCUT2D eigenvalue weighted by Gasteiger charge is -2.23. The molecule has 1 amide bonds. The maximum atomic E-state index is 13.1. The molecule has 0 unspecified atom stereocenters. The third kappa shape index (κ3) is 6.12. The first-order chi connectivity index (χ1) is 15.9. The molecule has 0 aliphatic heterocycles. The summed E-state index contributed by atoms with van der Waals surface area (Å²) in [6.07, 6.45) is 5.27. The van der Waals surface area contributed by atoms with Crippen LogP contribution in [-0.4, -0.2) is 62.2 Å². The summed E-state index contributed by atoms with van der Waals surface area (Å²) in [6, 6.07) is 7.63. The summed E-state index contributed by atoms with van der Waals surface area (Å²) >= 11 is 0. The molecule has 1 N–H and O–H groups in total. The number of carbonyl (C=O) groups is 2. The topological polar surface area (TPSA) is 112 Å². The summed E-state index contributed by atoms with van der Waals surface area (Å²) in [4.78, 5) is 26.0. The van der Waals surface area contributed by atoms with E-state index in [4.69, 9.17) is 14.6 Å². The number of rotatable bonds is 12. The first-order valence-corrected chi connectivity index (χ1v) is 10.7. The zero-order valence-electron chi connectivity index (χ0n) is 19.1. The van der Waals surface area contributed by atoms with Crippen molar-refractivity contribution in [2.75, 3.05) is 20.8 Å². The number of nitrogens with zero attached hydrogens (tertiary/aromatic N) is 5. The highest BCUT2D eigenvalue weighted by Gasteiger charge is 2.17. The van der Waals surface area contributed by atoms with Gasteiger partial charge in [-0.15, -0.1) is 0 Å². The van der Waals surface area contributed by atoms with E-state index in [0.717, 1.165) is 11.3 Å². The Bertz CT molecular complexity index is 1090. The summed E-state index contributed by atoms with van der Waals surface area (Å²) in [7, 11) is 3.18. The third-order valence-electron chi connectivity index (χ3n) is 5.36. The predicted octanol–water partition coefficient (Wildman–Crippen LogP) is 2.48. The zero-order chi connectivity index (χ0) is 23.8. The number of hydrogen-bond acceptors (Lipinski definition) is 6. The molecular weight excluding hydrogens is 426 g/mol. The number of amides is 1. The molecule has 0 aliphatic carbocycles. The van der Waals surface area contributed by atoms with Crippen LogP contribution < -0.4 is 9.47 Å². The maximum Gasteiger partial charge on any atom is 0.338 e. The van der Waals surface area contributed by atoms with Crippen LogP contribution in [0.4, 0.5) is 0 Å². The second kappa shape index (κ2) is 11.2. The van der Waals surface area contributed by atoms with Crippen LogP contribution in [0.2, 0.25) is 0 Å². The number of benzene rings is 1. The van der Waals surface area contributed by atoms with Crippen molar-refractivity contribution in [3.8, 4) is 11.5 Å². The molecule has 0 saturated carbocycles. The Kier molecular flexibility index (Phi) is 8.06. The number of aryl methyl sites for hydroxylation is 2. The van der Waals surface area contributed by atoms with E-state index in [-0.39, 0.29) is 17.9 Å². The summed E-state index contributed by atoms with van der Waals surface area (Å²) in [5.41, 5.74) is 2.07. The van der Waals surface area contributed by atoms with Gasteiger partial charge in [0.25, 0.3) is 0 Å². The highest BCUT2D eigenvalue weighted by atomic mass is 16.5. The fourth-order valence-electron chi connectivity index (χ4n) is 3.53. The van der Waals surface area contributed by atoms with E-state index in [2.05, 4.69) is 10.2 Å². The minimum atomic E-state index is -1.04. The second-order valence-corrected chi connectivity index (χ2v) is 7.44. The van der Waals surface area contributed by atoms with Gasteiger partial charge in [0.2, 0.25) is 5.91 Å². The first kappa shape index (κ1) is 23.8. The van der Waals surface area contributed by atoms with Gasteiger partial charge in [0, 0.05) is 38.4 Å². The SMILES string of the molecule is CCn1nccc1CN(CCc1ccc(OC)c(OC)c1)C(=O)CCn1cc(C(=O)O)cn1. The summed E-state index contributed by atoms with van der Waals surface area (Å²) < 4.78 is 14.0. The van der Waals surface area contributed by atoms with E-state index in [9.17, 15) is 9.59 Å². The van der Waals surface area contributed by atoms with Crippen LogP contribution in [0.3, 0.4) is 0 Å². The summed E-state index contributed by atoms with van der Waals surface area (Å²) in [5, 5.41) is 17.4. The van der Waals surface area contributed by atoms with Crippen molar-refractivity contribution in [1.82, 2.24) is 24.5 Å². The van der Waals surface area contributed by atoms with E-state index >= 15 is 0 Å². The molecule has 0 atom stereocenters. The van der Waals surface area contributed by atoms with E-state index in [1.165, 1.54) is 17.1 Å². The molecule has 33 heavy (non-hydrogen) atoms. The molecule has 0 bridgehead atoms. The molecule has 2 heterocycles. The molecule has 2 aromatic heterocycles. The van der Waals surface area contributed by atoms with Crippen LogP contribution in [0.25, 0.3) is 0 Å². The van der Waals surface area contributed by atoms with Crippen molar-refractivity contribution in [3.05, 3.63) is 59.7 Å². The molecule has 10 heteroatoms. The summed E-state index contributed by atoms with van der Waals surface area (Å²) in [5.74, 6) is 0.203. The van der Waals surface area contributed by atoms with Crippen molar-refractivity contribution >= 4 is 11.9 Å². The Morgan fingerprint density at radius 1 is 1.12 bits per heavy atom. The van der Waals surface area contributed by atoms with Crippen LogP contribution in [0, 0.1) is 0 Å². The van der Waals surface area contributed by atoms with Crippen molar-refractivity contribution in [2.45, 2.75) is 39.4 Å². The van der Waals surface area contributed by atoms with Gasteiger partial charge in [-0.2, -0.15) is 10.2 Å². The molecule has 10 nitrogen and oxygen atoms in total. The third-order valence-corrected chi connectivity index (χ3v) is 5.36. The van der Waals surface area contributed by atoms with Crippen molar-refractivity contribution in [1.29, 1.82) is 0 Å². The minimum Gasteiger partial charge on any atom is -0.493 e. The van der Waals surface area contributed by atoms with Crippen LogP contribution in [-0.2, 0) is 30.8 Å². The van der Waals surface area contributed by atoms with E-state index in [1.807, 2.05) is 35.9 Å². The first-order valence-electron chi connectivity index (χ1n) is 10.7. The Morgan fingerprint density at radius 2 is 1.91 bits per heavy atom. The van der Waals surface area contributed by atoms with Crippen LogP contribution in [0.15, 0.2) is 42.9 Å². The van der Waals surface area contributed by atoms with Gasteiger partial charge >= 0.3 is 5.97 Å². The van der Waals surface area contributed by atoms with Gasteiger partial charge in [-0.05, 0) is 37.1 Å². The molecular formula is C23H29N5O5. The van der Waals surface area contributed by atoms with E-state index < -0.39 is 5.97 Å². The molecule has 1 aromatic carbocycles. The Labute approximate surface area is 192 Å². The Hall–Kier alpha value is -3.82. The molecule has 0 spiro atoms. The largest absolute Gasteiger partial charge is 0.493 e. The van der Waals surface area contributed by atoms with Crippen molar-refractivity contribution in [3.63, 3.8) is 0 Å². The van der Waals surface area contributed by atoms with Crippen molar-refractivity contribution < 1.29 is 24.2 Å². The highest BCUT2D eigenvalue weighted by molar-refractivity contribution is 5.86. The maximum absolute atomic E-state index is 13.1. The van der Waals surface area contributed by atoms with Gasteiger partial charge in [0.15, 0.2) is 11.5 Å². The van der Waals surface area contributed by atoms with Crippen LogP contribution >= 0.6 is 0 Å². The van der Waals surface area contributed by atoms with E-state index in [0.29, 0.717) is 44.1 Å². The number of hydrogen-bond donors (Lipinski definition) is 1. The number of ether oxygens (including phenoxy) is 2. The van der Waals surface area contributed by atoms with Crippen LogP contribution in [0.5, 0.6) is 11.5 Å². The lowest BCUT2D eigenvalue weighted by Crippen LogP contribution is -2.34. The number of methoxy groups -OCH3 is 2. The predicted molar refractivity (Wildman–Crippen MR) is 120 cm³/mol. The Morgan fingerprint density at radius 3 is 2.58 bits per heavy atom. The lowest BCUT2D eigenvalue weighted by molar-refractivity contribution is -0.132. The molecule has 0 radical (unpaired) electrons. The number of aromatic carboxylic acids is 1. The fourth-order valence-corrected chi connectivity index (χ4v) is 3.53. The number of carboxylic acid groups (broad SMARTS) is 1. The quantitative estimate of drug-likeness (QED) is 0.446. The fraction of sp³-hybridized carbons (Fsp3) is 0.391. The number of carbonyl (C=O) groups excluding carboxylic acids is 1. The molecule has 0 fully saturated rings. The highest BCUT2D eigenvalue weighted by Crippen LogP contribution is 2.27. The molecule has 0 saturated heterocycles. The van der Waals surface area contributed by atoms with Crippen molar-refractivity contribution in [2.24, 2.45) is 0 Å². The average molecular weight is 456 g/mol. The minimum absolute atomic E-state index is 0.0493. The normalized spacial score (nSPS) is 10.8. The smallest absolute Gasteiger partial charge is 0.338 e. The number of carboxylic acids is 1. The number of aromatic nitrogens is 4. The van der Waals surface area contributed by atoms with E-state index in [1.54, 1.807) is 25.3 Å².